The number of hydrogen-bond donors (Lipinski definition) is 3. The van der Waals surface area contributed by atoms with Crippen LogP contribution in [0.2, 0.25) is 0 Å². The molecule has 0 radical (unpaired) electrons. The summed E-state index contributed by atoms with van der Waals surface area (Å²) in [6.45, 7) is 3.74. The Bertz CT molecular complexity index is 1200. The number of fused-ring (bicyclic) bond motifs is 1. The maximum Gasteiger partial charge on any atom is 0.416 e. The van der Waals surface area contributed by atoms with E-state index in [0.717, 1.165) is 12.1 Å². The number of hydrogen-bond acceptors (Lipinski definition) is 7. The number of carbonyl (C=O) groups is 2. The lowest BCUT2D eigenvalue weighted by molar-refractivity contribution is -0.137. The third-order valence-corrected chi connectivity index (χ3v) is 6.05. The number of aromatic nitrogens is 2. The lowest BCUT2D eigenvalue weighted by Crippen LogP contribution is -2.35. The fourth-order valence-electron chi connectivity index (χ4n) is 4.43. The summed E-state index contributed by atoms with van der Waals surface area (Å²) in [6, 6.07) is 2.64. The number of ether oxygens (including phenoxy) is 1. The number of aryl methyl sites for hydroxylation is 1. The molecule has 0 saturated carbocycles. The monoisotopic (exact) mass is 475 g/mol. The Kier molecular flexibility index (Phi) is 5.96. The van der Waals surface area contributed by atoms with Crippen molar-refractivity contribution in [3.63, 3.8) is 0 Å². The van der Waals surface area contributed by atoms with Gasteiger partial charge in [-0.15, -0.1) is 0 Å². The van der Waals surface area contributed by atoms with Gasteiger partial charge in [0.05, 0.1) is 41.8 Å². The first-order valence-corrected chi connectivity index (χ1v) is 10.7. The molecule has 1 aromatic heterocycles. The number of halogens is 3. The Morgan fingerprint density at radius 2 is 1.97 bits per heavy atom. The molecule has 2 aliphatic rings. The highest BCUT2D eigenvalue weighted by atomic mass is 19.4. The summed E-state index contributed by atoms with van der Waals surface area (Å²) in [5.74, 6) is -1.19. The van der Waals surface area contributed by atoms with Gasteiger partial charge in [-0.25, -0.2) is 9.97 Å². The summed E-state index contributed by atoms with van der Waals surface area (Å²) < 4.78 is 45.2. The summed E-state index contributed by atoms with van der Waals surface area (Å²) in [6.07, 6.45) is -2.47. The number of alkyl halides is 3. The number of methoxy groups -OCH3 is 1. The van der Waals surface area contributed by atoms with Gasteiger partial charge in [-0.05, 0) is 44.0 Å². The van der Waals surface area contributed by atoms with Crippen LogP contribution >= 0.6 is 0 Å². The highest BCUT2D eigenvalue weighted by Gasteiger charge is 2.44. The van der Waals surface area contributed by atoms with Crippen molar-refractivity contribution in [2.75, 3.05) is 24.7 Å². The molecule has 1 aromatic carbocycles. The molecule has 1 saturated heterocycles. The van der Waals surface area contributed by atoms with Gasteiger partial charge >= 0.3 is 6.18 Å². The minimum Gasteiger partial charge on any atom is -0.500 e. The van der Waals surface area contributed by atoms with Gasteiger partial charge < -0.3 is 21.1 Å². The summed E-state index contributed by atoms with van der Waals surface area (Å²) in [5, 5.41) is 5.78. The molecule has 0 bridgehead atoms. The molecule has 180 valence electrons. The van der Waals surface area contributed by atoms with Crippen LogP contribution in [0.1, 0.15) is 52.4 Å². The molecule has 4 N–H and O–H groups in total. The van der Waals surface area contributed by atoms with E-state index in [2.05, 4.69) is 20.6 Å². The van der Waals surface area contributed by atoms with Crippen molar-refractivity contribution in [1.29, 1.82) is 0 Å². The number of rotatable bonds is 5. The molecule has 34 heavy (non-hydrogen) atoms. The highest BCUT2D eigenvalue weighted by molar-refractivity contribution is 6.10. The summed E-state index contributed by atoms with van der Waals surface area (Å²) in [5.41, 5.74) is 5.58. The first-order chi connectivity index (χ1) is 16.0. The van der Waals surface area contributed by atoms with E-state index in [9.17, 15) is 22.8 Å². The third kappa shape index (κ3) is 4.29. The van der Waals surface area contributed by atoms with E-state index in [0.29, 0.717) is 30.2 Å². The Morgan fingerprint density at radius 3 is 2.59 bits per heavy atom. The average molecular weight is 475 g/mol. The number of carbonyl (C=O) groups excluding carboxylic acids is 2. The molecular formula is C23H24F3N5O3. The van der Waals surface area contributed by atoms with Crippen molar-refractivity contribution in [1.82, 2.24) is 15.3 Å². The molecular weight excluding hydrogens is 451 g/mol. The summed E-state index contributed by atoms with van der Waals surface area (Å²) in [7, 11) is 1.43. The maximum atomic E-state index is 13.6. The number of nitrogens with zero attached hydrogens (tertiary/aromatic N) is 2. The molecule has 2 heterocycles. The van der Waals surface area contributed by atoms with Crippen LogP contribution in [0.4, 0.5) is 24.7 Å². The van der Waals surface area contributed by atoms with Crippen LogP contribution in [0.15, 0.2) is 24.0 Å². The molecule has 1 amide bonds. The zero-order valence-electron chi connectivity index (χ0n) is 18.8. The maximum absolute atomic E-state index is 13.6. The quantitative estimate of drug-likeness (QED) is 0.567. The highest BCUT2D eigenvalue weighted by Crippen LogP contribution is 2.39. The van der Waals surface area contributed by atoms with Gasteiger partial charge in [-0.1, -0.05) is 0 Å². The van der Waals surface area contributed by atoms with E-state index in [-0.39, 0.29) is 34.3 Å². The van der Waals surface area contributed by atoms with Gasteiger partial charge in [-0.3, -0.25) is 9.59 Å². The minimum atomic E-state index is -4.55. The Labute approximate surface area is 193 Å². The number of ketones is 1. The minimum absolute atomic E-state index is 0.0320. The normalized spacial score (nSPS) is 20.9. The Morgan fingerprint density at radius 1 is 1.24 bits per heavy atom. The van der Waals surface area contributed by atoms with Crippen molar-refractivity contribution in [2.45, 2.75) is 32.5 Å². The van der Waals surface area contributed by atoms with Crippen molar-refractivity contribution < 1.29 is 27.5 Å². The number of amides is 1. The van der Waals surface area contributed by atoms with E-state index < -0.39 is 29.6 Å². The van der Waals surface area contributed by atoms with Crippen LogP contribution in [0, 0.1) is 18.8 Å². The second kappa shape index (κ2) is 8.62. The number of Topliss-reactive ketones (excluding diaryl/α,β-unsaturated/α-hetero) is 1. The molecule has 1 aliphatic heterocycles. The summed E-state index contributed by atoms with van der Waals surface area (Å²) >= 11 is 0. The van der Waals surface area contributed by atoms with Crippen molar-refractivity contribution >= 4 is 29.3 Å². The van der Waals surface area contributed by atoms with Crippen molar-refractivity contribution in [2.24, 2.45) is 11.8 Å². The Hall–Kier alpha value is -3.63. The fraction of sp³-hybridized carbons (Fsp3) is 0.391. The van der Waals surface area contributed by atoms with Gasteiger partial charge in [0.25, 0.3) is 0 Å². The van der Waals surface area contributed by atoms with Crippen molar-refractivity contribution in [3.8, 4) is 0 Å². The van der Waals surface area contributed by atoms with Gasteiger partial charge in [0, 0.05) is 18.3 Å². The predicted octanol–water partition coefficient (Wildman–Crippen LogP) is 3.50. The van der Waals surface area contributed by atoms with Crippen LogP contribution in [0.25, 0.3) is 6.08 Å². The largest absolute Gasteiger partial charge is 0.500 e. The summed E-state index contributed by atoms with van der Waals surface area (Å²) in [4.78, 5) is 34.7. The van der Waals surface area contributed by atoms with Gasteiger partial charge in [0.1, 0.15) is 17.4 Å². The molecule has 1 unspecified atom stereocenters. The Balaban J connectivity index is 1.74. The SMILES string of the molecule is COC1=Cc2nc(C)nc(N[C@H](C)c3cc(N)cc(C(F)(F)F)c3)c2C(=O)C1[C@@H]1CCNC1=O. The van der Waals surface area contributed by atoms with E-state index in [1.54, 1.807) is 19.9 Å². The number of allylic oxidation sites excluding steroid dienone is 1. The van der Waals surface area contributed by atoms with Gasteiger partial charge in [0.15, 0.2) is 5.78 Å². The lowest BCUT2D eigenvalue weighted by Gasteiger charge is -2.28. The predicted molar refractivity (Wildman–Crippen MR) is 119 cm³/mol. The molecule has 11 heteroatoms. The van der Waals surface area contributed by atoms with E-state index in [4.69, 9.17) is 10.5 Å². The number of benzene rings is 1. The number of nitrogens with two attached hydrogens (primary N) is 1. The molecule has 2 aromatic rings. The first-order valence-electron chi connectivity index (χ1n) is 10.7. The molecule has 4 rings (SSSR count). The zero-order chi connectivity index (χ0) is 24.8. The fourth-order valence-corrected chi connectivity index (χ4v) is 4.43. The topological polar surface area (TPSA) is 119 Å². The van der Waals surface area contributed by atoms with E-state index >= 15 is 0 Å². The van der Waals surface area contributed by atoms with E-state index in [1.165, 1.54) is 13.2 Å². The second-order valence-corrected chi connectivity index (χ2v) is 8.41. The number of anilines is 2. The van der Waals surface area contributed by atoms with E-state index in [1.807, 2.05) is 0 Å². The van der Waals surface area contributed by atoms with Crippen molar-refractivity contribution in [3.05, 3.63) is 52.2 Å². The van der Waals surface area contributed by atoms with Gasteiger partial charge in [0.2, 0.25) is 5.91 Å². The molecule has 3 atom stereocenters. The zero-order valence-corrected chi connectivity index (χ0v) is 18.8. The number of nitrogen functional groups attached to an aromatic ring is 1. The number of nitrogens with one attached hydrogen (secondary N) is 2. The molecule has 0 spiro atoms. The van der Waals surface area contributed by atoms with Crippen LogP contribution in [0.3, 0.4) is 0 Å². The third-order valence-electron chi connectivity index (χ3n) is 6.05. The van der Waals surface area contributed by atoms with Crippen LogP contribution in [0.5, 0.6) is 0 Å². The van der Waals surface area contributed by atoms with Crippen LogP contribution in [-0.2, 0) is 15.7 Å². The molecule has 8 nitrogen and oxygen atoms in total. The molecule has 1 aliphatic carbocycles. The standard InChI is InChI=1S/C23H24F3N5O3/c1-10(12-6-13(23(24,25)26)8-14(27)7-12)29-21-19-16(30-11(2)31-21)9-17(34-3)18(20(19)32)15-4-5-28-22(15)33/h6-10,15,18H,4-5,27H2,1-3H3,(H,28,33)(H,29,30,31)/t10-,15+,18?/m1/s1. The average Bonchev–Trinajstić information content (AvgIpc) is 3.17. The first kappa shape index (κ1) is 23.5. The van der Waals surface area contributed by atoms with Gasteiger partial charge in [-0.2, -0.15) is 13.2 Å². The smallest absolute Gasteiger partial charge is 0.416 e. The van der Waals surface area contributed by atoms with Crippen LogP contribution < -0.4 is 16.4 Å². The molecule has 1 fully saturated rings. The second-order valence-electron chi connectivity index (χ2n) is 8.41. The lowest BCUT2D eigenvalue weighted by atomic mass is 9.79. The van der Waals surface area contributed by atoms with Crippen LogP contribution in [-0.4, -0.2) is 35.3 Å².